The van der Waals surface area contributed by atoms with Gasteiger partial charge in [-0.3, -0.25) is 0 Å². The first-order valence-corrected chi connectivity index (χ1v) is 8.27. The lowest BCUT2D eigenvalue weighted by molar-refractivity contribution is 0.175. The van der Waals surface area contributed by atoms with E-state index in [4.69, 9.17) is 39.5 Å². The Morgan fingerprint density at radius 2 is 2.00 bits per heavy atom. The number of hydrogen-bond acceptors (Lipinski definition) is 2. The minimum atomic E-state index is -0.181. The second-order valence-electron chi connectivity index (χ2n) is 5.58. The highest BCUT2D eigenvalue weighted by Gasteiger charge is 2.28. The van der Waals surface area contributed by atoms with Crippen molar-refractivity contribution in [2.24, 2.45) is 5.92 Å². The maximum Gasteiger partial charge on any atom is 0.127 e. The molecule has 0 aliphatic carbocycles. The molecule has 1 fully saturated rings. The molecule has 3 nitrogen and oxygen atoms in total. The zero-order valence-electron chi connectivity index (χ0n) is 11.9. The Morgan fingerprint density at radius 1 is 1.29 bits per heavy atom. The first kappa shape index (κ1) is 15.4. The fourth-order valence-corrected chi connectivity index (χ4v) is 3.43. The molecule has 114 valence electrons. The van der Waals surface area contributed by atoms with Crippen LogP contribution in [0.3, 0.4) is 0 Å². The van der Waals surface area contributed by atoms with Gasteiger partial charge in [-0.15, -0.1) is 11.6 Å². The first-order chi connectivity index (χ1) is 9.99. The van der Waals surface area contributed by atoms with Crippen LogP contribution < -0.4 is 0 Å². The Morgan fingerprint density at radius 3 is 2.62 bits per heavy atom. The average molecular weight is 348 g/mol. The molecule has 1 aliphatic heterocycles. The van der Waals surface area contributed by atoms with E-state index in [1.54, 1.807) is 6.07 Å². The van der Waals surface area contributed by atoms with Crippen LogP contribution >= 0.6 is 34.8 Å². The van der Waals surface area contributed by atoms with Crippen molar-refractivity contribution in [1.82, 2.24) is 9.55 Å². The molecule has 2 aromatic rings. The molecule has 0 spiro atoms. The van der Waals surface area contributed by atoms with Crippen LogP contribution in [-0.4, -0.2) is 22.8 Å². The summed E-state index contributed by atoms with van der Waals surface area (Å²) < 4.78 is 7.71. The summed E-state index contributed by atoms with van der Waals surface area (Å²) in [5.74, 6) is 1.32. The van der Waals surface area contributed by atoms with Gasteiger partial charge in [0.1, 0.15) is 5.82 Å². The summed E-state index contributed by atoms with van der Waals surface area (Å²) in [5, 5.41) is 0.869. The summed E-state index contributed by atoms with van der Waals surface area (Å²) in [5.41, 5.74) is 1.81. The van der Waals surface area contributed by atoms with Crippen molar-refractivity contribution >= 4 is 45.8 Å². The number of aromatic nitrogens is 2. The van der Waals surface area contributed by atoms with E-state index in [9.17, 15) is 0 Å². The lowest BCUT2D eigenvalue weighted by atomic mass is 10.00. The summed E-state index contributed by atoms with van der Waals surface area (Å²) in [7, 11) is 0. The number of hydrogen-bond donors (Lipinski definition) is 0. The predicted octanol–water partition coefficient (Wildman–Crippen LogP) is 5.24. The molecule has 3 rings (SSSR count). The highest BCUT2D eigenvalue weighted by atomic mass is 35.5. The topological polar surface area (TPSA) is 27.1 Å². The number of ether oxygens (including phenoxy) is 1. The summed E-state index contributed by atoms with van der Waals surface area (Å²) >= 11 is 18.6. The SMILES string of the molecule is CC(Cl)c1nc2cc(Cl)c(Cl)cc2n1C(C)C1CCOC1. The smallest absolute Gasteiger partial charge is 0.127 e. The van der Waals surface area contributed by atoms with Gasteiger partial charge in [-0.05, 0) is 32.4 Å². The number of fused-ring (bicyclic) bond motifs is 1. The number of nitrogens with zero attached hydrogens (tertiary/aromatic N) is 2. The fourth-order valence-electron chi connectivity index (χ4n) is 2.96. The molecule has 3 unspecified atom stereocenters. The van der Waals surface area contributed by atoms with Gasteiger partial charge in [-0.2, -0.15) is 0 Å². The van der Waals surface area contributed by atoms with Gasteiger partial charge in [0.15, 0.2) is 0 Å². The van der Waals surface area contributed by atoms with Crippen LogP contribution in [0.15, 0.2) is 12.1 Å². The first-order valence-electron chi connectivity index (χ1n) is 7.07. The molecule has 1 aromatic heterocycles. The number of benzene rings is 1. The lowest BCUT2D eigenvalue weighted by Gasteiger charge is -2.23. The van der Waals surface area contributed by atoms with Gasteiger partial charge < -0.3 is 9.30 Å². The van der Waals surface area contributed by atoms with E-state index in [-0.39, 0.29) is 11.4 Å². The van der Waals surface area contributed by atoms with Gasteiger partial charge in [0, 0.05) is 18.6 Å². The summed E-state index contributed by atoms with van der Waals surface area (Å²) in [6, 6.07) is 3.93. The summed E-state index contributed by atoms with van der Waals surface area (Å²) in [6.07, 6.45) is 1.05. The minimum Gasteiger partial charge on any atom is -0.381 e. The highest BCUT2D eigenvalue weighted by molar-refractivity contribution is 6.42. The van der Waals surface area contributed by atoms with Crippen LogP contribution in [0.25, 0.3) is 11.0 Å². The minimum absolute atomic E-state index is 0.181. The Kier molecular flexibility index (Phi) is 4.37. The van der Waals surface area contributed by atoms with E-state index in [2.05, 4.69) is 16.5 Å². The van der Waals surface area contributed by atoms with Gasteiger partial charge >= 0.3 is 0 Å². The van der Waals surface area contributed by atoms with Crippen LogP contribution in [0.2, 0.25) is 10.0 Å². The average Bonchev–Trinajstić information content (AvgIpc) is 3.06. The molecule has 0 amide bonds. The van der Waals surface area contributed by atoms with Crippen molar-refractivity contribution < 1.29 is 4.74 Å². The highest BCUT2D eigenvalue weighted by Crippen LogP contribution is 2.36. The van der Waals surface area contributed by atoms with Crippen LogP contribution in [0.5, 0.6) is 0 Å². The third kappa shape index (κ3) is 2.77. The number of imidazole rings is 1. The Labute approximate surface area is 139 Å². The van der Waals surface area contributed by atoms with E-state index in [0.29, 0.717) is 16.0 Å². The molecule has 0 N–H and O–H groups in total. The predicted molar refractivity (Wildman–Crippen MR) is 87.7 cm³/mol. The van der Waals surface area contributed by atoms with Gasteiger partial charge in [0.05, 0.1) is 33.1 Å². The van der Waals surface area contributed by atoms with E-state index in [0.717, 1.165) is 36.5 Å². The van der Waals surface area contributed by atoms with Crippen molar-refractivity contribution in [2.45, 2.75) is 31.7 Å². The largest absolute Gasteiger partial charge is 0.381 e. The van der Waals surface area contributed by atoms with Gasteiger partial charge in [0.2, 0.25) is 0 Å². The van der Waals surface area contributed by atoms with Gasteiger partial charge in [0.25, 0.3) is 0 Å². The molecule has 3 atom stereocenters. The third-order valence-corrected chi connectivity index (χ3v) is 5.09. The second kappa shape index (κ2) is 5.96. The van der Waals surface area contributed by atoms with Crippen molar-refractivity contribution in [2.75, 3.05) is 13.2 Å². The van der Waals surface area contributed by atoms with Crippen molar-refractivity contribution in [3.05, 3.63) is 28.0 Å². The lowest BCUT2D eigenvalue weighted by Crippen LogP contribution is -2.19. The second-order valence-corrected chi connectivity index (χ2v) is 7.04. The normalized spacial score (nSPS) is 21.9. The zero-order valence-corrected chi connectivity index (χ0v) is 14.2. The standard InChI is InChI=1S/C15H17Cl3N2O/c1-8(16)15-19-13-5-11(17)12(18)6-14(13)20(15)9(2)10-3-4-21-7-10/h5-6,8-10H,3-4,7H2,1-2H3. The molecule has 21 heavy (non-hydrogen) atoms. The maximum atomic E-state index is 6.33. The third-order valence-electron chi connectivity index (χ3n) is 4.17. The Bertz CT molecular complexity index is 662. The van der Waals surface area contributed by atoms with Crippen molar-refractivity contribution in [3.8, 4) is 0 Å². The molecular weight excluding hydrogens is 331 g/mol. The fraction of sp³-hybridized carbons (Fsp3) is 0.533. The van der Waals surface area contributed by atoms with E-state index in [1.165, 1.54) is 0 Å². The summed E-state index contributed by atoms with van der Waals surface area (Å²) in [4.78, 5) is 4.65. The van der Waals surface area contributed by atoms with Crippen LogP contribution in [0.4, 0.5) is 0 Å². The monoisotopic (exact) mass is 346 g/mol. The van der Waals surface area contributed by atoms with Gasteiger partial charge in [-0.1, -0.05) is 23.2 Å². The Hall–Kier alpha value is -0.480. The number of alkyl halides is 1. The van der Waals surface area contributed by atoms with E-state index in [1.807, 2.05) is 13.0 Å². The van der Waals surface area contributed by atoms with Crippen LogP contribution in [0.1, 0.15) is 37.5 Å². The van der Waals surface area contributed by atoms with E-state index >= 15 is 0 Å². The molecule has 1 aliphatic rings. The number of rotatable bonds is 3. The molecule has 1 saturated heterocycles. The number of halogens is 3. The van der Waals surface area contributed by atoms with Crippen LogP contribution in [-0.2, 0) is 4.74 Å². The zero-order chi connectivity index (χ0) is 15.1. The van der Waals surface area contributed by atoms with Crippen molar-refractivity contribution in [1.29, 1.82) is 0 Å². The van der Waals surface area contributed by atoms with Crippen LogP contribution in [0, 0.1) is 5.92 Å². The molecule has 6 heteroatoms. The van der Waals surface area contributed by atoms with E-state index < -0.39 is 0 Å². The molecule has 0 bridgehead atoms. The molecular formula is C15H17Cl3N2O. The molecule has 0 saturated carbocycles. The van der Waals surface area contributed by atoms with Crippen molar-refractivity contribution in [3.63, 3.8) is 0 Å². The summed E-state index contributed by atoms with van der Waals surface area (Å²) in [6.45, 7) is 5.71. The molecule has 2 heterocycles. The Balaban J connectivity index is 2.17. The molecule has 0 radical (unpaired) electrons. The molecule has 1 aromatic carbocycles. The maximum absolute atomic E-state index is 6.33. The quantitative estimate of drug-likeness (QED) is 0.710. The van der Waals surface area contributed by atoms with Gasteiger partial charge in [-0.25, -0.2) is 4.98 Å².